The maximum atomic E-state index is 12.3. The zero-order chi connectivity index (χ0) is 16.8. The molecule has 0 saturated carbocycles. The molecule has 0 radical (unpaired) electrons. The van der Waals surface area contributed by atoms with E-state index < -0.39 is 4.92 Å². The fourth-order valence-corrected chi connectivity index (χ4v) is 2.35. The molecule has 0 heterocycles. The summed E-state index contributed by atoms with van der Waals surface area (Å²) in [6.45, 7) is 3.77. The number of nitro groups is 1. The zero-order valence-electron chi connectivity index (χ0n) is 13.3. The first-order chi connectivity index (χ1) is 11.0. The third kappa shape index (κ3) is 4.16. The van der Waals surface area contributed by atoms with Crippen molar-refractivity contribution >= 4 is 17.3 Å². The minimum Gasteiger partial charge on any atom is -0.321 e. The van der Waals surface area contributed by atoms with Crippen LogP contribution in [0.2, 0.25) is 0 Å². The first-order valence-electron chi connectivity index (χ1n) is 7.67. The van der Waals surface area contributed by atoms with E-state index in [4.69, 9.17) is 0 Å². The lowest BCUT2D eigenvalue weighted by molar-refractivity contribution is -0.385. The lowest BCUT2D eigenvalue weighted by Gasteiger charge is -2.09. The van der Waals surface area contributed by atoms with Gasteiger partial charge in [-0.05, 0) is 43.5 Å². The Morgan fingerprint density at radius 3 is 2.48 bits per heavy atom. The van der Waals surface area contributed by atoms with E-state index in [0.717, 1.165) is 19.3 Å². The molecule has 0 aliphatic carbocycles. The van der Waals surface area contributed by atoms with Gasteiger partial charge in [0.15, 0.2) is 0 Å². The van der Waals surface area contributed by atoms with Crippen LogP contribution in [0.15, 0.2) is 42.5 Å². The van der Waals surface area contributed by atoms with E-state index in [-0.39, 0.29) is 11.6 Å². The second-order valence-electron chi connectivity index (χ2n) is 5.46. The molecule has 23 heavy (non-hydrogen) atoms. The van der Waals surface area contributed by atoms with Crippen LogP contribution in [0, 0.1) is 17.0 Å². The molecule has 0 aliphatic heterocycles. The van der Waals surface area contributed by atoms with Gasteiger partial charge in [-0.15, -0.1) is 0 Å². The summed E-state index contributed by atoms with van der Waals surface area (Å²) in [5.74, 6) is -0.268. The molecule has 0 bridgehead atoms. The Bertz CT molecular complexity index is 709. The lowest BCUT2D eigenvalue weighted by atomic mass is 10.1. The number of nitrogens with one attached hydrogen (secondary N) is 1. The van der Waals surface area contributed by atoms with Crippen LogP contribution in [-0.2, 0) is 6.42 Å². The molecule has 0 spiro atoms. The highest BCUT2D eigenvalue weighted by Gasteiger charge is 2.15. The van der Waals surface area contributed by atoms with Crippen molar-refractivity contribution in [1.82, 2.24) is 0 Å². The summed E-state index contributed by atoms with van der Waals surface area (Å²) in [5, 5.41) is 13.7. The minimum absolute atomic E-state index is 0.00212. The van der Waals surface area contributed by atoms with Crippen molar-refractivity contribution in [2.24, 2.45) is 0 Å². The highest BCUT2D eigenvalue weighted by Crippen LogP contribution is 2.25. The van der Waals surface area contributed by atoms with E-state index in [1.165, 1.54) is 11.6 Å². The van der Waals surface area contributed by atoms with Gasteiger partial charge in [-0.2, -0.15) is 0 Å². The molecule has 2 aromatic rings. The van der Waals surface area contributed by atoms with Crippen LogP contribution in [0.3, 0.4) is 0 Å². The Morgan fingerprint density at radius 1 is 1.17 bits per heavy atom. The zero-order valence-corrected chi connectivity index (χ0v) is 13.3. The maximum absolute atomic E-state index is 12.3. The molecular weight excluding hydrogens is 292 g/mol. The van der Waals surface area contributed by atoms with Crippen LogP contribution < -0.4 is 5.32 Å². The average Bonchev–Trinajstić information content (AvgIpc) is 2.55. The monoisotopic (exact) mass is 312 g/mol. The first-order valence-corrected chi connectivity index (χ1v) is 7.67. The number of carbonyl (C=O) groups is 1. The fourth-order valence-electron chi connectivity index (χ4n) is 2.35. The highest BCUT2D eigenvalue weighted by molar-refractivity contribution is 6.04. The van der Waals surface area contributed by atoms with Gasteiger partial charge in [-0.3, -0.25) is 14.9 Å². The third-order valence-electron chi connectivity index (χ3n) is 3.79. The van der Waals surface area contributed by atoms with Crippen LogP contribution in [0.4, 0.5) is 11.4 Å². The number of nitrogens with zero attached hydrogens (tertiary/aromatic N) is 1. The number of aryl methyl sites for hydroxylation is 1. The van der Waals surface area contributed by atoms with Crippen molar-refractivity contribution in [2.45, 2.75) is 33.1 Å². The van der Waals surface area contributed by atoms with Gasteiger partial charge in [-0.25, -0.2) is 0 Å². The smallest absolute Gasteiger partial charge is 0.274 e. The quantitative estimate of drug-likeness (QED) is 0.630. The van der Waals surface area contributed by atoms with Crippen LogP contribution in [-0.4, -0.2) is 10.8 Å². The van der Waals surface area contributed by atoms with Gasteiger partial charge in [0.2, 0.25) is 0 Å². The maximum Gasteiger partial charge on any atom is 0.274 e. The number of unbranched alkanes of at least 4 members (excludes halogenated alkanes) is 1. The molecule has 5 heteroatoms. The topological polar surface area (TPSA) is 72.2 Å². The van der Waals surface area contributed by atoms with E-state index in [0.29, 0.717) is 16.8 Å². The van der Waals surface area contributed by atoms with Gasteiger partial charge in [-0.1, -0.05) is 31.5 Å². The molecule has 0 atom stereocenters. The molecule has 0 unspecified atom stereocenters. The van der Waals surface area contributed by atoms with Crippen LogP contribution in [0.1, 0.15) is 41.3 Å². The van der Waals surface area contributed by atoms with E-state index in [1.54, 1.807) is 31.2 Å². The van der Waals surface area contributed by atoms with Crippen molar-refractivity contribution in [1.29, 1.82) is 0 Å². The summed E-state index contributed by atoms with van der Waals surface area (Å²) >= 11 is 0. The SMILES string of the molecule is CCCCc1ccc(C(=O)Nc2cccc([N+](=O)[O-])c2C)cc1. The highest BCUT2D eigenvalue weighted by atomic mass is 16.6. The van der Waals surface area contributed by atoms with Crippen molar-refractivity contribution in [3.63, 3.8) is 0 Å². The number of rotatable bonds is 6. The van der Waals surface area contributed by atoms with Gasteiger partial charge in [0, 0.05) is 11.6 Å². The molecule has 0 fully saturated rings. The molecule has 1 amide bonds. The first kappa shape index (κ1) is 16.7. The summed E-state index contributed by atoms with van der Waals surface area (Å²) in [5.41, 5.74) is 2.65. The number of carbonyl (C=O) groups excluding carboxylic acids is 1. The minimum atomic E-state index is -0.451. The van der Waals surface area contributed by atoms with Crippen LogP contribution in [0.5, 0.6) is 0 Å². The molecule has 5 nitrogen and oxygen atoms in total. The second-order valence-corrected chi connectivity index (χ2v) is 5.46. The summed E-state index contributed by atoms with van der Waals surface area (Å²) in [6.07, 6.45) is 3.26. The van der Waals surface area contributed by atoms with Crippen LogP contribution in [0.25, 0.3) is 0 Å². The van der Waals surface area contributed by atoms with Gasteiger partial charge in [0.25, 0.3) is 11.6 Å². The second kappa shape index (κ2) is 7.54. The molecule has 2 rings (SSSR count). The molecule has 0 saturated heterocycles. The van der Waals surface area contributed by atoms with E-state index >= 15 is 0 Å². The van der Waals surface area contributed by atoms with Crippen molar-refractivity contribution < 1.29 is 9.72 Å². The van der Waals surface area contributed by atoms with Gasteiger partial charge >= 0.3 is 0 Å². The summed E-state index contributed by atoms with van der Waals surface area (Å²) in [6, 6.07) is 12.1. The average molecular weight is 312 g/mol. The number of amides is 1. The molecule has 0 aliphatic rings. The normalized spacial score (nSPS) is 10.3. The van der Waals surface area contributed by atoms with E-state index in [2.05, 4.69) is 12.2 Å². The van der Waals surface area contributed by atoms with E-state index in [1.807, 2.05) is 12.1 Å². The standard InChI is InChI=1S/C18H20N2O3/c1-3-4-6-14-9-11-15(12-10-14)18(21)19-16-7-5-8-17(13(16)2)20(22)23/h5,7-12H,3-4,6H2,1-2H3,(H,19,21). The fraction of sp³-hybridized carbons (Fsp3) is 0.278. The molecule has 120 valence electrons. The van der Waals surface area contributed by atoms with Crippen molar-refractivity contribution in [3.8, 4) is 0 Å². The number of benzene rings is 2. The Hall–Kier alpha value is -2.69. The number of anilines is 1. The largest absolute Gasteiger partial charge is 0.321 e. The predicted molar refractivity (Wildman–Crippen MR) is 90.8 cm³/mol. The number of nitro benzene ring substituents is 1. The predicted octanol–water partition coefficient (Wildman–Crippen LogP) is 4.50. The van der Waals surface area contributed by atoms with Gasteiger partial charge in [0.05, 0.1) is 16.2 Å². The van der Waals surface area contributed by atoms with Gasteiger partial charge in [0.1, 0.15) is 0 Å². The Morgan fingerprint density at radius 2 is 1.87 bits per heavy atom. The van der Waals surface area contributed by atoms with Crippen LogP contribution >= 0.6 is 0 Å². The van der Waals surface area contributed by atoms with E-state index in [9.17, 15) is 14.9 Å². The number of hydrogen-bond donors (Lipinski definition) is 1. The van der Waals surface area contributed by atoms with Crippen molar-refractivity contribution in [3.05, 3.63) is 69.3 Å². The number of hydrogen-bond acceptors (Lipinski definition) is 3. The Balaban J connectivity index is 2.13. The summed E-state index contributed by atoms with van der Waals surface area (Å²) < 4.78 is 0. The molecule has 2 aromatic carbocycles. The lowest BCUT2D eigenvalue weighted by Crippen LogP contribution is -2.13. The molecular formula is C18H20N2O3. The summed E-state index contributed by atoms with van der Waals surface area (Å²) in [7, 11) is 0. The molecule has 0 aromatic heterocycles. The van der Waals surface area contributed by atoms with Gasteiger partial charge < -0.3 is 5.32 Å². The Kier molecular flexibility index (Phi) is 5.46. The molecule has 1 N–H and O–H groups in total. The van der Waals surface area contributed by atoms with Crippen molar-refractivity contribution in [2.75, 3.05) is 5.32 Å². The Labute approximate surface area is 135 Å². The summed E-state index contributed by atoms with van der Waals surface area (Å²) in [4.78, 5) is 22.8. The third-order valence-corrected chi connectivity index (χ3v) is 3.79.